The maximum absolute atomic E-state index is 14.0. The summed E-state index contributed by atoms with van der Waals surface area (Å²) >= 11 is 9.56. The molecule has 0 saturated carbocycles. The number of rotatable bonds is 4. The number of hydrogen-bond donors (Lipinski definition) is 1. The summed E-state index contributed by atoms with van der Waals surface area (Å²) in [5.41, 5.74) is 0.944. The standard InChI is InChI=1S/C15H13BrClF2N/c1-2-20-15(10-4-3-5-13(18)14(10)19)11-8-9(16)6-7-12(11)17/h3-8,15,20H,2H2,1H3. The lowest BCUT2D eigenvalue weighted by molar-refractivity contribution is 0.483. The van der Waals surface area contributed by atoms with Gasteiger partial charge in [0.2, 0.25) is 0 Å². The van der Waals surface area contributed by atoms with Crippen LogP contribution in [0, 0.1) is 11.6 Å². The predicted octanol–water partition coefficient (Wildman–Crippen LogP) is 5.08. The highest BCUT2D eigenvalue weighted by Gasteiger charge is 2.21. The molecule has 0 spiro atoms. The highest BCUT2D eigenvalue weighted by atomic mass is 79.9. The van der Waals surface area contributed by atoms with Crippen LogP contribution in [0.4, 0.5) is 8.78 Å². The van der Waals surface area contributed by atoms with Crippen LogP contribution in [0.2, 0.25) is 5.02 Å². The van der Waals surface area contributed by atoms with E-state index >= 15 is 0 Å². The van der Waals surface area contributed by atoms with Crippen molar-refractivity contribution in [2.75, 3.05) is 6.54 Å². The Morgan fingerprint density at radius 2 is 1.95 bits per heavy atom. The molecule has 0 aliphatic rings. The average molecular weight is 361 g/mol. The Hall–Kier alpha value is -0.970. The molecule has 0 aromatic heterocycles. The molecule has 2 aromatic carbocycles. The first-order valence-corrected chi connectivity index (χ1v) is 7.34. The van der Waals surface area contributed by atoms with E-state index in [-0.39, 0.29) is 5.56 Å². The van der Waals surface area contributed by atoms with Crippen molar-refractivity contribution in [3.05, 3.63) is 68.7 Å². The number of benzene rings is 2. The fourth-order valence-corrected chi connectivity index (χ4v) is 2.68. The van der Waals surface area contributed by atoms with Gasteiger partial charge in [-0.15, -0.1) is 0 Å². The fraction of sp³-hybridized carbons (Fsp3) is 0.200. The maximum Gasteiger partial charge on any atom is 0.163 e. The van der Waals surface area contributed by atoms with Gasteiger partial charge in [-0.05, 0) is 36.4 Å². The molecule has 2 rings (SSSR count). The molecule has 0 saturated heterocycles. The van der Waals surface area contributed by atoms with Gasteiger partial charge in [-0.3, -0.25) is 0 Å². The quantitative estimate of drug-likeness (QED) is 0.802. The minimum absolute atomic E-state index is 0.242. The van der Waals surface area contributed by atoms with Crippen LogP contribution in [0.25, 0.3) is 0 Å². The summed E-state index contributed by atoms with van der Waals surface area (Å²) in [4.78, 5) is 0. The molecule has 106 valence electrons. The molecule has 1 atom stereocenters. The highest BCUT2D eigenvalue weighted by molar-refractivity contribution is 9.10. The van der Waals surface area contributed by atoms with Crippen LogP contribution in [0.5, 0.6) is 0 Å². The zero-order chi connectivity index (χ0) is 14.7. The molecule has 0 aliphatic heterocycles. The smallest absolute Gasteiger partial charge is 0.163 e. The monoisotopic (exact) mass is 359 g/mol. The zero-order valence-electron chi connectivity index (χ0n) is 10.8. The molecule has 20 heavy (non-hydrogen) atoms. The molecule has 1 N–H and O–H groups in total. The van der Waals surface area contributed by atoms with Crippen molar-refractivity contribution < 1.29 is 8.78 Å². The largest absolute Gasteiger partial charge is 0.306 e. The third kappa shape index (κ3) is 3.19. The Balaban J connectivity index is 2.56. The molecular weight excluding hydrogens is 348 g/mol. The second-order valence-electron chi connectivity index (χ2n) is 4.30. The third-order valence-corrected chi connectivity index (χ3v) is 3.81. The number of hydrogen-bond acceptors (Lipinski definition) is 1. The van der Waals surface area contributed by atoms with Gasteiger partial charge < -0.3 is 5.32 Å². The van der Waals surface area contributed by atoms with E-state index in [0.717, 1.165) is 10.5 Å². The first-order valence-electron chi connectivity index (χ1n) is 6.16. The first-order chi connectivity index (χ1) is 9.54. The van der Waals surface area contributed by atoms with Gasteiger partial charge in [-0.2, -0.15) is 0 Å². The van der Waals surface area contributed by atoms with Crippen LogP contribution in [0.15, 0.2) is 40.9 Å². The van der Waals surface area contributed by atoms with Crippen molar-refractivity contribution in [2.24, 2.45) is 0 Å². The van der Waals surface area contributed by atoms with E-state index in [9.17, 15) is 8.78 Å². The van der Waals surface area contributed by atoms with Crippen LogP contribution in [0.1, 0.15) is 24.1 Å². The van der Waals surface area contributed by atoms with E-state index < -0.39 is 17.7 Å². The lowest BCUT2D eigenvalue weighted by atomic mass is 9.98. The summed E-state index contributed by atoms with van der Waals surface area (Å²) in [6.07, 6.45) is 0. The topological polar surface area (TPSA) is 12.0 Å². The summed E-state index contributed by atoms with van der Waals surface area (Å²) in [7, 11) is 0. The van der Waals surface area contributed by atoms with Crippen molar-refractivity contribution in [1.29, 1.82) is 0 Å². The molecule has 0 aliphatic carbocycles. The lowest BCUT2D eigenvalue weighted by Crippen LogP contribution is -2.23. The fourth-order valence-electron chi connectivity index (χ4n) is 2.07. The Morgan fingerprint density at radius 1 is 1.20 bits per heavy atom. The van der Waals surface area contributed by atoms with E-state index in [1.165, 1.54) is 6.07 Å². The van der Waals surface area contributed by atoms with E-state index in [0.29, 0.717) is 17.1 Å². The Kier molecular flexibility index (Phi) is 5.13. The molecule has 1 nitrogen and oxygen atoms in total. The third-order valence-electron chi connectivity index (χ3n) is 2.97. The molecule has 0 amide bonds. The van der Waals surface area contributed by atoms with Gasteiger partial charge in [-0.1, -0.05) is 46.6 Å². The summed E-state index contributed by atoms with van der Waals surface area (Å²) in [6.45, 7) is 2.50. The molecule has 0 fully saturated rings. The van der Waals surface area contributed by atoms with Gasteiger partial charge >= 0.3 is 0 Å². The van der Waals surface area contributed by atoms with Crippen LogP contribution < -0.4 is 5.32 Å². The summed E-state index contributed by atoms with van der Waals surface area (Å²) in [6, 6.07) is 8.98. The molecule has 0 heterocycles. The van der Waals surface area contributed by atoms with E-state index in [1.807, 2.05) is 6.92 Å². The minimum Gasteiger partial charge on any atom is -0.306 e. The average Bonchev–Trinajstić information content (AvgIpc) is 2.43. The highest BCUT2D eigenvalue weighted by Crippen LogP contribution is 2.32. The van der Waals surface area contributed by atoms with Crippen LogP contribution >= 0.6 is 27.5 Å². The van der Waals surface area contributed by atoms with Gasteiger partial charge in [0.1, 0.15) is 0 Å². The Morgan fingerprint density at radius 3 is 2.65 bits per heavy atom. The van der Waals surface area contributed by atoms with Crippen molar-refractivity contribution in [3.8, 4) is 0 Å². The van der Waals surface area contributed by atoms with Gasteiger partial charge in [0.15, 0.2) is 11.6 Å². The molecule has 5 heteroatoms. The molecule has 1 unspecified atom stereocenters. The van der Waals surface area contributed by atoms with Crippen LogP contribution in [-0.4, -0.2) is 6.54 Å². The summed E-state index contributed by atoms with van der Waals surface area (Å²) in [5, 5.41) is 3.64. The Bertz CT molecular complexity index is 617. The van der Waals surface area contributed by atoms with Crippen molar-refractivity contribution in [1.82, 2.24) is 5.32 Å². The number of nitrogens with one attached hydrogen (secondary N) is 1. The van der Waals surface area contributed by atoms with Gasteiger partial charge in [0.25, 0.3) is 0 Å². The lowest BCUT2D eigenvalue weighted by Gasteiger charge is -2.21. The van der Waals surface area contributed by atoms with Crippen molar-refractivity contribution in [2.45, 2.75) is 13.0 Å². The van der Waals surface area contributed by atoms with E-state index in [2.05, 4.69) is 21.2 Å². The van der Waals surface area contributed by atoms with Crippen LogP contribution in [-0.2, 0) is 0 Å². The SMILES string of the molecule is CCNC(c1cc(Br)ccc1Cl)c1cccc(F)c1F. The summed E-state index contributed by atoms with van der Waals surface area (Å²) < 4.78 is 28.3. The molecule has 2 aromatic rings. The maximum atomic E-state index is 14.0. The molecule has 0 bridgehead atoms. The minimum atomic E-state index is -0.864. The zero-order valence-corrected chi connectivity index (χ0v) is 13.1. The van der Waals surface area contributed by atoms with E-state index in [4.69, 9.17) is 11.6 Å². The Labute approximate surface area is 130 Å². The number of halogens is 4. The van der Waals surface area contributed by atoms with Crippen molar-refractivity contribution in [3.63, 3.8) is 0 Å². The van der Waals surface area contributed by atoms with Crippen LogP contribution in [0.3, 0.4) is 0 Å². The molecule has 0 radical (unpaired) electrons. The predicted molar refractivity (Wildman–Crippen MR) is 81.0 cm³/mol. The second kappa shape index (κ2) is 6.66. The van der Waals surface area contributed by atoms with E-state index in [1.54, 1.807) is 24.3 Å². The summed E-state index contributed by atoms with van der Waals surface area (Å²) in [5.74, 6) is -1.72. The second-order valence-corrected chi connectivity index (χ2v) is 5.62. The molecular formula is C15H13BrClF2N. The van der Waals surface area contributed by atoms with Gasteiger partial charge in [0.05, 0.1) is 6.04 Å². The normalized spacial score (nSPS) is 12.4. The first kappa shape index (κ1) is 15.4. The van der Waals surface area contributed by atoms with Gasteiger partial charge in [0, 0.05) is 15.1 Å². The van der Waals surface area contributed by atoms with Crippen molar-refractivity contribution >= 4 is 27.5 Å². The van der Waals surface area contributed by atoms with Gasteiger partial charge in [-0.25, -0.2) is 8.78 Å².